The summed E-state index contributed by atoms with van der Waals surface area (Å²) < 4.78 is 0. The van der Waals surface area contributed by atoms with Crippen molar-refractivity contribution in [3.05, 3.63) is 38.7 Å². The van der Waals surface area contributed by atoms with E-state index in [2.05, 4.69) is 0 Å². The molecule has 1 aromatic carbocycles. The van der Waals surface area contributed by atoms with Gasteiger partial charge in [-0.3, -0.25) is 14.5 Å². The Balaban J connectivity index is 2.35. The lowest BCUT2D eigenvalue weighted by atomic mass is 10.2. The zero-order valence-corrected chi connectivity index (χ0v) is 12.5. The van der Waals surface area contributed by atoms with E-state index in [1.165, 1.54) is 4.90 Å². The zero-order valence-electron chi connectivity index (χ0n) is 10.2. The number of hydrogen-bond donors (Lipinski definition) is 0. The molecule has 0 N–H and O–H groups in total. The Labute approximate surface area is 125 Å². The topological polar surface area (TPSA) is 37.4 Å². The first kappa shape index (κ1) is 14.4. The van der Waals surface area contributed by atoms with E-state index >= 15 is 0 Å². The maximum Gasteiger partial charge on any atom is 0.293 e. The molecule has 0 aromatic heterocycles. The molecule has 0 radical (unpaired) electrons. The second kappa shape index (κ2) is 5.99. The number of imide groups is 1. The number of carbonyl (C=O) groups is 2. The Hall–Kier alpha value is -0.970. The molecule has 1 aromatic rings. The molecule has 1 saturated heterocycles. The van der Waals surface area contributed by atoms with Crippen LogP contribution in [-0.4, -0.2) is 22.6 Å². The molecule has 0 spiro atoms. The van der Waals surface area contributed by atoms with Gasteiger partial charge in [-0.15, -0.1) is 0 Å². The third-order valence-corrected chi connectivity index (χ3v) is 4.16. The predicted octanol–water partition coefficient (Wildman–Crippen LogP) is 4.44. The number of halogens is 2. The summed E-state index contributed by atoms with van der Waals surface area (Å²) in [6, 6.07) is 5.11. The van der Waals surface area contributed by atoms with Gasteiger partial charge in [0.25, 0.3) is 11.1 Å². The lowest BCUT2D eigenvalue weighted by Gasteiger charge is -2.09. The molecular weight excluding hydrogens is 305 g/mol. The zero-order chi connectivity index (χ0) is 14.0. The van der Waals surface area contributed by atoms with Crippen molar-refractivity contribution in [3.63, 3.8) is 0 Å². The molecule has 2 amide bonds. The molecule has 1 aliphatic heterocycles. The van der Waals surface area contributed by atoms with Crippen molar-refractivity contribution in [2.75, 3.05) is 6.54 Å². The van der Waals surface area contributed by atoms with Gasteiger partial charge in [-0.2, -0.15) is 0 Å². The minimum atomic E-state index is -0.284. The van der Waals surface area contributed by atoms with Crippen LogP contribution < -0.4 is 0 Å². The molecule has 6 heteroatoms. The van der Waals surface area contributed by atoms with Crippen molar-refractivity contribution in [2.24, 2.45) is 0 Å². The number of amides is 2. The maximum absolute atomic E-state index is 12.1. The standard InChI is InChI=1S/C13H11Cl2NO2S/c1-2-6-16-12(17)11(19-13(16)18)7-8-9(14)4-3-5-10(8)15/h3-5,7H,2,6H2,1H3/b11-7-. The summed E-state index contributed by atoms with van der Waals surface area (Å²) in [5, 5.41) is 0.658. The highest BCUT2D eigenvalue weighted by Crippen LogP contribution is 2.35. The quantitative estimate of drug-likeness (QED) is 0.774. The molecule has 3 nitrogen and oxygen atoms in total. The van der Waals surface area contributed by atoms with E-state index in [4.69, 9.17) is 23.2 Å². The van der Waals surface area contributed by atoms with Crippen molar-refractivity contribution >= 4 is 52.2 Å². The van der Waals surface area contributed by atoms with Crippen molar-refractivity contribution in [1.82, 2.24) is 4.90 Å². The summed E-state index contributed by atoms with van der Waals surface area (Å²) in [5.41, 5.74) is 0.563. The SMILES string of the molecule is CCCN1C(=O)S/C(=C\c2c(Cl)cccc2Cl)C1=O. The van der Waals surface area contributed by atoms with Crippen molar-refractivity contribution in [1.29, 1.82) is 0 Å². The van der Waals surface area contributed by atoms with Gasteiger partial charge in [0.15, 0.2) is 0 Å². The van der Waals surface area contributed by atoms with Gasteiger partial charge < -0.3 is 0 Å². The number of carbonyl (C=O) groups excluding carboxylic acids is 2. The predicted molar refractivity (Wildman–Crippen MR) is 79.4 cm³/mol. The van der Waals surface area contributed by atoms with Crippen LogP contribution in [0.4, 0.5) is 4.79 Å². The normalized spacial score (nSPS) is 17.6. The third kappa shape index (κ3) is 2.96. The van der Waals surface area contributed by atoms with Crippen LogP contribution in [0.25, 0.3) is 6.08 Å². The molecule has 0 saturated carbocycles. The van der Waals surface area contributed by atoms with Crippen molar-refractivity contribution in [3.8, 4) is 0 Å². The molecule has 1 heterocycles. The fourth-order valence-corrected chi connectivity index (χ4v) is 3.05. The molecule has 0 unspecified atom stereocenters. The Morgan fingerprint density at radius 3 is 2.47 bits per heavy atom. The first-order chi connectivity index (χ1) is 9.04. The van der Waals surface area contributed by atoms with Crippen LogP contribution in [-0.2, 0) is 4.79 Å². The fourth-order valence-electron chi connectivity index (χ4n) is 1.70. The Bertz CT molecular complexity index is 552. The van der Waals surface area contributed by atoms with Gasteiger partial charge in [0.05, 0.1) is 4.91 Å². The molecule has 0 bridgehead atoms. The number of thioether (sulfide) groups is 1. The van der Waals surface area contributed by atoms with E-state index < -0.39 is 0 Å². The molecule has 1 fully saturated rings. The second-order valence-corrected chi connectivity index (χ2v) is 5.78. The highest BCUT2D eigenvalue weighted by atomic mass is 35.5. The van der Waals surface area contributed by atoms with Gasteiger partial charge in [0.2, 0.25) is 0 Å². The van der Waals surface area contributed by atoms with E-state index in [9.17, 15) is 9.59 Å². The lowest BCUT2D eigenvalue weighted by molar-refractivity contribution is -0.122. The molecule has 0 atom stereocenters. The van der Waals surface area contributed by atoms with Gasteiger partial charge in [-0.05, 0) is 36.4 Å². The van der Waals surface area contributed by atoms with Crippen molar-refractivity contribution < 1.29 is 9.59 Å². The van der Waals surface area contributed by atoms with Gasteiger partial charge in [0, 0.05) is 22.2 Å². The molecular formula is C13H11Cl2NO2S. The summed E-state index contributed by atoms with van der Waals surface area (Å²) in [6.07, 6.45) is 2.31. The van der Waals surface area contributed by atoms with E-state index in [1.807, 2.05) is 6.92 Å². The van der Waals surface area contributed by atoms with Crippen LogP contribution in [0.2, 0.25) is 10.0 Å². The average molecular weight is 316 g/mol. The van der Waals surface area contributed by atoms with E-state index in [-0.39, 0.29) is 11.1 Å². The van der Waals surface area contributed by atoms with Gasteiger partial charge in [-0.25, -0.2) is 0 Å². The number of rotatable bonds is 3. The largest absolute Gasteiger partial charge is 0.293 e. The van der Waals surface area contributed by atoms with Crippen LogP contribution in [0.15, 0.2) is 23.1 Å². The number of nitrogens with zero attached hydrogens (tertiary/aromatic N) is 1. The highest BCUT2D eigenvalue weighted by Gasteiger charge is 2.34. The monoisotopic (exact) mass is 315 g/mol. The Morgan fingerprint density at radius 2 is 1.89 bits per heavy atom. The van der Waals surface area contributed by atoms with Crippen LogP contribution in [0, 0.1) is 0 Å². The molecule has 0 aliphatic carbocycles. The highest BCUT2D eigenvalue weighted by molar-refractivity contribution is 8.18. The van der Waals surface area contributed by atoms with E-state index in [1.54, 1.807) is 24.3 Å². The maximum atomic E-state index is 12.1. The number of benzene rings is 1. The van der Waals surface area contributed by atoms with Crippen LogP contribution >= 0.6 is 35.0 Å². The van der Waals surface area contributed by atoms with Gasteiger partial charge >= 0.3 is 0 Å². The minimum Gasteiger partial charge on any atom is -0.268 e. The fraction of sp³-hybridized carbons (Fsp3) is 0.231. The third-order valence-electron chi connectivity index (χ3n) is 2.60. The first-order valence-corrected chi connectivity index (χ1v) is 7.31. The van der Waals surface area contributed by atoms with Crippen molar-refractivity contribution in [2.45, 2.75) is 13.3 Å². The van der Waals surface area contributed by atoms with Gasteiger partial charge in [-0.1, -0.05) is 36.2 Å². The molecule has 2 rings (SSSR count). The Morgan fingerprint density at radius 1 is 1.26 bits per heavy atom. The van der Waals surface area contributed by atoms with Gasteiger partial charge in [0.1, 0.15) is 0 Å². The summed E-state index contributed by atoms with van der Waals surface area (Å²) in [5.74, 6) is -0.284. The van der Waals surface area contributed by atoms with E-state index in [0.29, 0.717) is 27.1 Å². The van der Waals surface area contributed by atoms with Crippen LogP contribution in [0.5, 0.6) is 0 Å². The summed E-state index contributed by atoms with van der Waals surface area (Å²) in [7, 11) is 0. The van der Waals surface area contributed by atoms with Crippen LogP contribution in [0.3, 0.4) is 0 Å². The molecule has 100 valence electrons. The summed E-state index contributed by atoms with van der Waals surface area (Å²) >= 11 is 13.0. The second-order valence-electron chi connectivity index (χ2n) is 3.97. The summed E-state index contributed by atoms with van der Waals surface area (Å²) in [4.78, 5) is 25.4. The first-order valence-electron chi connectivity index (χ1n) is 5.74. The van der Waals surface area contributed by atoms with Crippen LogP contribution in [0.1, 0.15) is 18.9 Å². The lowest BCUT2D eigenvalue weighted by Crippen LogP contribution is -2.28. The summed E-state index contributed by atoms with van der Waals surface area (Å²) in [6.45, 7) is 2.34. The number of hydrogen-bond acceptors (Lipinski definition) is 3. The minimum absolute atomic E-state index is 0.249. The smallest absolute Gasteiger partial charge is 0.268 e. The molecule has 19 heavy (non-hydrogen) atoms. The average Bonchev–Trinajstić information content (AvgIpc) is 2.62. The Kier molecular flexibility index (Phi) is 4.55. The molecule has 1 aliphatic rings. The van der Waals surface area contributed by atoms with E-state index in [0.717, 1.165) is 18.2 Å².